The average Bonchev–Trinajstić information content (AvgIpc) is 3.30. The highest BCUT2D eigenvalue weighted by Crippen LogP contribution is 2.21. The van der Waals surface area contributed by atoms with Crippen LogP contribution in [0.15, 0.2) is 73.3 Å². The Hall–Kier alpha value is -3.12. The van der Waals surface area contributed by atoms with Crippen molar-refractivity contribution in [3.63, 3.8) is 0 Å². The molecule has 1 aliphatic rings. The molecule has 3 aromatic rings. The number of nitrogens with one attached hydrogen (secondary N) is 1. The van der Waals surface area contributed by atoms with Crippen LogP contribution in [0.2, 0.25) is 0 Å². The molecule has 0 bridgehead atoms. The molecule has 1 fully saturated rings. The molecule has 156 valence electrons. The average molecular weight is 405 g/mol. The molecule has 1 unspecified atom stereocenters. The van der Waals surface area contributed by atoms with Gasteiger partial charge in [0.05, 0.1) is 0 Å². The summed E-state index contributed by atoms with van der Waals surface area (Å²) in [5.41, 5.74) is 3.58. The first-order chi connectivity index (χ1) is 14.7. The monoisotopic (exact) mass is 404 g/mol. The second-order valence-electron chi connectivity index (χ2n) is 7.82. The number of likely N-dealkylation sites (tertiary alicyclic amines) is 1. The molecule has 1 saturated heterocycles. The van der Waals surface area contributed by atoms with Gasteiger partial charge in [0.15, 0.2) is 6.23 Å². The Kier molecular flexibility index (Phi) is 6.44. The molecule has 0 spiro atoms. The Morgan fingerprint density at radius 2 is 1.97 bits per heavy atom. The van der Waals surface area contributed by atoms with E-state index in [0.29, 0.717) is 12.5 Å². The minimum atomic E-state index is -0.395. The van der Waals surface area contributed by atoms with Gasteiger partial charge >= 0.3 is 6.09 Å². The van der Waals surface area contributed by atoms with Gasteiger partial charge in [-0.15, -0.1) is 0 Å². The maximum Gasteiger partial charge on any atom is 0.420 e. The van der Waals surface area contributed by atoms with Crippen molar-refractivity contribution in [2.24, 2.45) is 0 Å². The van der Waals surface area contributed by atoms with Gasteiger partial charge in [0.2, 0.25) is 0 Å². The number of carbonyl (C=O) groups is 1. The van der Waals surface area contributed by atoms with Gasteiger partial charge in [0, 0.05) is 43.6 Å². The summed E-state index contributed by atoms with van der Waals surface area (Å²) in [6, 6.07) is 19.1. The third-order valence-electron chi connectivity index (χ3n) is 5.53. The number of rotatable bonds is 6. The molecule has 4 rings (SSSR count). The standard InChI is InChI=1S/C24H28N4O2/c1-19-6-5-9-22(16-19)26-21-10-13-27(14-11-21)23(17-20-7-3-2-4-8-20)30-24(29)28-15-12-25-18-28/h2-9,12,15-16,18,21,23,26H,10-11,13-14,17H2,1H3. The van der Waals surface area contributed by atoms with Gasteiger partial charge in [-0.2, -0.15) is 0 Å². The van der Waals surface area contributed by atoms with E-state index < -0.39 is 6.09 Å². The Bertz CT molecular complexity index is 935. The second kappa shape index (κ2) is 9.59. The van der Waals surface area contributed by atoms with Crippen molar-refractivity contribution in [2.45, 2.75) is 38.5 Å². The van der Waals surface area contributed by atoms with E-state index in [1.807, 2.05) is 18.2 Å². The fraction of sp³-hybridized carbons (Fsp3) is 0.333. The van der Waals surface area contributed by atoms with Gasteiger partial charge in [0.1, 0.15) is 6.33 Å². The van der Waals surface area contributed by atoms with Crippen LogP contribution in [-0.2, 0) is 11.2 Å². The summed E-state index contributed by atoms with van der Waals surface area (Å²) < 4.78 is 7.28. The van der Waals surface area contributed by atoms with Gasteiger partial charge in [-0.1, -0.05) is 42.5 Å². The summed E-state index contributed by atoms with van der Waals surface area (Å²) in [6.07, 6.45) is 6.63. The highest BCUT2D eigenvalue weighted by atomic mass is 16.6. The summed E-state index contributed by atoms with van der Waals surface area (Å²) in [5.74, 6) is 0. The lowest BCUT2D eigenvalue weighted by Gasteiger charge is -2.37. The van der Waals surface area contributed by atoms with Crippen molar-refractivity contribution in [3.05, 3.63) is 84.4 Å². The number of aryl methyl sites for hydroxylation is 1. The van der Waals surface area contributed by atoms with Crippen LogP contribution in [0, 0.1) is 6.92 Å². The molecule has 2 aromatic carbocycles. The zero-order chi connectivity index (χ0) is 20.8. The number of anilines is 1. The van der Waals surface area contributed by atoms with Crippen LogP contribution >= 0.6 is 0 Å². The number of imidazole rings is 1. The maximum absolute atomic E-state index is 12.5. The highest BCUT2D eigenvalue weighted by molar-refractivity contribution is 5.70. The van der Waals surface area contributed by atoms with Crippen LogP contribution < -0.4 is 5.32 Å². The summed E-state index contributed by atoms with van der Waals surface area (Å²) in [4.78, 5) is 18.8. The third kappa shape index (κ3) is 5.27. The lowest BCUT2D eigenvalue weighted by atomic mass is 10.0. The quantitative estimate of drug-likeness (QED) is 0.663. The first-order valence-corrected chi connectivity index (χ1v) is 10.5. The van der Waals surface area contributed by atoms with E-state index in [9.17, 15) is 4.79 Å². The molecule has 1 atom stereocenters. The molecule has 6 heteroatoms. The van der Waals surface area contributed by atoms with Crippen molar-refractivity contribution in [3.8, 4) is 0 Å². The molecule has 1 aromatic heterocycles. The molecule has 0 aliphatic carbocycles. The molecule has 0 saturated carbocycles. The van der Waals surface area contributed by atoms with Gasteiger partial charge < -0.3 is 10.1 Å². The zero-order valence-corrected chi connectivity index (χ0v) is 17.3. The summed E-state index contributed by atoms with van der Waals surface area (Å²) >= 11 is 0. The fourth-order valence-corrected chi connectivity index (χ4v) is 3.91. The lowest BCUT2D eigenvalue weighted by Crippen LogP contribution is -2.47. The SMILES string of the molecule is Cc1cccc(NC2CCN(C(Cc3ccccc3)OC(=O)n3ccnc3)CC2)c1. The van der Waals surface area contributed by atoms with E-state index in [1.165, 1.54) is 22.1 Å². The number of hydrogen-bond donors (Lipinski definition) is 1. The van der Waals surface area contributed by atoms with Crippen molar-refractivity contribution >= 4 is 11.8 Å². The molecule has 2 heterocycles. The predicted octanol–water partition coefficient (Wildman–Crippen LogP) is 4.32. The van der Waals surface area contributed by atoms with Crippen LogP contribution in [0.3, 0.4) is 0 Å². The fourth-order valence-electron chi connectivity index (χ4n) is 3.91. The van der Waals surface area contributed by atoms with Gasteiger partial charge in [-0.05, 0) is 43.0 Å². The first kappa shape index (κ1) is 20.2. The molecule has 30 heavy (non-hydrogen) atoms. The molecule has 0 radical (unpaired) electrons. The van der Waals surface area contributed by atoms with Crippen LogP contribution in [0.1, 0.15) is 24.0 Å². The van der Waals surface area contributed by atoms with Crippen molar-refractivity contribution in [2.75, 3.05) is 18.4 Å². The Morgan fingerprint density at radius 1 is 1.17 bits per heavy atom. The minimum Gasteiger partial charge on any atom is -0.429 e. The van der Waals surface area contributed by atoms with Crippen molar-refractivity contribution in [1.29, 1.82) is 0 Å². The topological polar surface area (TPSA) is 59.4 Å². The van der Waals surface area contributed by atoms with Gasteiger partial charge in [-0.3, -0.25) is 4.90 Å². The van der Waals surface area contributed by atoms with Crippen molar-refractivity contribution < 1.29 is 9.53 Å². The van der Waals surface area contributed by atoms with Crippen LogP contribution in [0.25, 0.3) is 0 Å². The smallest absolute Gasteiger partial charge is 0.420 e. The summed E-state index contributed by atoms with van der Waals surface area (Å²) in [6.45, 7) is 3.85. The van der Waals surface area contributed by atoms with Gasteiger partial charge in [-0.25, -0.2) is 14.3 Å². The Balaban J connectivity index is 1.40. The second-order valence-corrected chi connectivity index (χ2v) is 7.82. The molecule has 0 amide bonds. The number of hydrogen-bond acceptors (Lipinski definition) is 5. The third-order valence-corrected chi connectivity index (χ3v) is 5.53. The Labute approximate surface area is 177 Å². The highest BCUT2D eigenvalue weighted by Gasteiger charge is 2.28. The molecule has 1 N–H and O–H groups in total. The van der Waals surface area contributed by atoms with Crippen LogP contribution in [0.4, 0.5) is 10.5 Å². The van der Waals surface area contributed by atoms with Gasteiger partial charge in [0.25, 0.3) is 0 Å². The summed E-state index contributed by atoms with van der Waals surface area (Å²) in [7, 11) is 0. The van der Waals surface area contributed by atoms with E-state index in [4.69, 9.17) is 4.74 Å². The number of aromatic nitrogens is 2. The number of nitrogens with zero attached hydrogens (tertiary/aromatic N) is 3. The van der Waals surface area contributed by atoms with E-state index in [1.54, 1.807) is 12.4 Å². The van der Waals surface area contributed by atoms with E-state index in [0.717, 1.165) is 31.5 Å². The minimum absolute atomic E-state index is 0.304. The van der Waals surface area contributed by atoms with Crippen molar-refractivity contribution in [1.82, 2.24) is 14.5 Å². The lowest BCUT2D eigenvalue weighted by molar-refractivity contribution is -0.0230. The molecule has 1 aliphatic heterocycles. The Morgan fingerprint density at radius 3 is 2.67 bits per heavy atom. The van der Waals surface area contributed by atoms with Crippen LogP contribution in [0.5, 0.6) is 0 Å². The first-order valence-electron chi connectivity index (χ1n) is 10.5. The predicted molar refractivity (Wildman–Crippen MR) is 117 cm³/mol. The molecular weight excluding hydrogens is 376 g/mol. The molecule has 6 nitrogen and oxygen atoms in total. The number of benzene rings is 2. The zero-order valence-electron chi connectivity index (χ0n) is 17.3. The van der Waals surface area contributed by atoms with Crippen LogP contribution in [-0.4, -0.2) is 45.9 Å². The largest absolute Gasteiger partial charge is 0.429 e. The normalized spacial score (nSPS) is 16.2. The number of ether oxygens (including phenoxy) is 1. The van der Waals surface area contributed by atoms with E-state index >= 15 is 0 Å². The van der Waals surface area contributed by atoms with E-state index in [2.05, 4.69) is 58.5 Å². The number of carbonyl (C=O) groups excluding carboxylic acids is 1. The summed E-state index contributed by atoms with van der Waals surface area (Å²) in [5, 5.41) is 3.65. The number of piperidine rings is 1. The maximum atomic E-state index is 12.5. The molecular formula is C24H28N4O2. The van der Waals surface area contributed by atoms with E-state index in [-0.39, 0.29) is 6.23 Å².